The summed E-state index contributed by atoms with van der Waals surface area (Å²) < 4.78 is 0. The van der Waals surface area contributed by atoms with Crippen molar-refractivity contribution in [3.63, 3.8) is 0 Å². The quantitative estimate of drug-likeness (QED) is 0.781. The molecule has 3 rings (SSSR count). The summed E-state index contributed by atoms with van der Waals surface area (Å²) >= 11 is 0. The first-order valence-electron chi connectivity index (χ1n) is 7.17. The molecule has 100 valence electrons. The maximum atomic E-state index is 12.4. The lowest BCUT2D eigenvalue weighted by atomic mass is 9.76. The number of amides is 2. The Labute approximate surface area is 113 Å². The molecule has 1 aromatic rings. The number of benzene rings is 1. The molecule has 0 N–H and O–H groups in total. The van der Waals surface area contributed by atoms with Gasteiger partial charge in [0.2, 0.25) is 11.8 Å². The van der Waals surface area contributed by atoms with E-state index in [1.807, 2.05) is 18.2 Å². The van der Waals surface area contributed by atoms with Crippen molar-refractivity contribution >= 4 is 17.5 Å². The van der Waals surface area contributed by atoms with Crippen molar-refractivity contribution in [3.05, 3.63) is 29.3 Å². The first-order chi connectivity index (χ1) is 9.19. The van der Waals surface area contributed by atoms with Crippen LogP contribution in [0.1, 0.15) is 37.8 Å². The van der Waals surface area contributed by atoms with E-state index < -0.39 is 0 Å². The number of carbonyl (C=O) groups excluding carboxylic acids is 2. The predicted octanol–water partition coefficient (Wildman–Crippen LogP) is 2.71. The first kappa shape index (κ1) is 12.4. The molecule has 0 radical (unpaired) electrons. The molecule has 0 bridgehead atoms. The number of fused-ring (bicyclic) bond motifs is 1. The number of para-hydroxylation sites is 1. The monoisotopic (exact) mass is 257 g/mol. The highest BCUT2D eigenvalue weighted by atomic mass is 16.2. The van der Waals surface area contributed by atoms with E-state index in [0.717, 1.165) is 42.5 Å². The van der Waals surface area contributed by atoms with Crippen LogP contribution in [0.2, 0.25) is 0 Å². The Bertz CT molecular complexity index is 505. The average molecular weight is 257 g/mol. The van der Waals surface area contributed by atoms with Gasteiger partial charge in [0.1, 0.15) is 0 Å². The second kappa shape index (κ2) is 4.48. The third kappa shape index (κ3) is 1.64. The maximum Gasteiger partial charge on any atom is 0.237 e. The van der Waals surface area contributed by atoms with Crippen LogP contribution in [0.5, 0.6) is 0 Å². The van der Waals surface area contributed by atoms with E-state index >= 15 is 0 Å². The number of hydrogen-bond donors (Lipinski definition) is 0. The number of carbonyl (C=O) groups is 2. The van der Waals surface area contributed by atoms with E-state index in [9.17, 15) is 9.59 Å². The largest absolute Gasteiger partial charge is 0.274 e. The van der Waals surface area contributed by atoms with Gasteiger partial charge in [0.05, 0.1) is 17.5 Å². The zero-order valence-electron chi connectivity index (χ0n) is 11.5. The van der Waals surface area contributed by atoms with Crippen molar-refractivity contribution in [3.8, 4) is 0 Å². The van der Waals surface area contributed by atoms with Crippen LogP contribution in [-0.2, 0) is 22.4 Å². The second-order valence-corrected chi connectivity index (χ2v) is 5.43. The molecule has 1 saturated heterocycles. The lowest BCUT2D eigenvalue weighted by Crippen LogP contribution is -2.32. The molecular weight excluding hydrogens is 238 g/mol. The number of hydrogen-bond acceptors (Lipinski definition) is 2. The number of nitrogens with zero attached hydrogens (tertiary/aromatic N) is 1. The molecule has 1 heterocycles. The Morgan fingerprint density at radius 2 is 1.47 bits per heavy atom. The van der Waals surface area contributed by atoms with E-state index in [-0.39, 0.29) is 23.7 Å². The molecule has 0 spiro atoms. The molecule has 0 unspecified atom stereocenters. The fourth-order valence-electron chi connectivity index (χ4n) is 3.25. The van der Waals surface area contributed by atoms with Crippen LogP contribution >= 0.6 is 0 Å². The summed E-state index contributed by atoms with van der Waals surface area (Å²) in [5.74, 6) is -0.0297. The molecule has 2 fully saturated rings. The topological polar surface area (TPSA) is 37.4 Å². The van der Waals surface area contributed by atoms with Gasteiger partial charge in [0.25, 0.3) is 0 Å². The summed E-state index contributed by atoms with van der Waals surface area (Å²) in [5, 5.41) is 0. The van der Waals surface area contributed by atoms with Gasteiger partial charge in [-0.15, -0.1) is 0 Å². The Balaban J connectivity index is 2.11. The maximum absolute atomic E-state index is 12.4. The van der Waals surface area contributed by atoms with Gasteiger partial charge in [-0.1, -0.05) is 32.0 Å². The molecule has 1 aliphatic carbocycles. The van der Waals surface area contributed by atoms with Crippen LogP contribution in [0.25, 0.3) is 0 Å². The van der Waals surface area contributed by atoms with Gasteiger partial charge in [-0.25, -0.2) is 4.90 Å². The van der Waals surface area contributed by atoms with Crippen molar-refractivity contribution < 1.29 is 9.59 Å². The summed E-state index contributed by atoms with van der Waals surface area (Å²) in [6, 6.07) is 6.06. The van der Waals surface area contributed by atoms with Crippen molar-refractivity contribution in [1.82, 2.24) is 0 Å². The standard InChI is InChI=1S/C16H19NO2/c1-3-10-6-5-7-11(4-2)14(10)17-15(18)12-8-9-13(12)16(17)19/h5-7,12-13H,3-4,8-9H2,1-2H3/t12-,13+. The number of aryl methyl sites for hydroxylation is 2. The van der Waals surface area contributed by atoms with E-state index in [1.54, 1.807) is 0 Å². The van der Waals surface area contributed by atoms with Gasteiger partial charge in [-0.2, -0.15) is 0 Å². The number of rotatable bonds is 3. The van der Waals surface area contributed by atoms with Crippen molar-refractivity contribution in [2.24, 2.45) is 11.8 Å². The Morgan fingerprint density at radius 1 is 1.00 bits per heavy atom. The van der Waals surface area contributed by atoms with Gasteiger partial charge < -0.3 is 0 Å². The summed E-state index contributed by atoms with van der Waals surface area (Å²) in [7, 11) is 0. The first-order valence-corrected chi connectivity index (χ1v) is 7.17. The Hall–Kier alpha value is -1.64. The smallest absolute Gasteiger partial charge is 0.237 e. The molecule has 1 aromatic carbocycles. The van der Waals surface area contributed by atoms with Crippen LogP contribution in [0, 0.1) is 11.8 Å². The van der Waals surface area contributed by atoms with E-state index in [0.29, 0.717) is 0 Å². The third-order valence-electron chi connectivity index (χ3n) is 4.54. The minimum atomic E-state index is -0.0397. The van der Waals surface area contributed by atoms with Gasteiger partial charge in [-0.05, 0) is 36.8 Å². The highest BCUT2D eigenvalue weighted by molar-refractivity contribution is 6.23. The minimum absolute atomic E-state index is 0.0249. The second-order valence-electron chi connectivity index (χ2n) is 5.43. The lowest BCUT2D eigenvalue weighted by Gasteiger charge is -2.23. The predicted molar refractivity (Wildman–Crippen MR) is 73.9 cm³/mol. The molecule has 2 aliphatic rings. The molecule has 1 saturated carbocycles. The molecule has 1 aliphatic heterocycles. The summed E-state index contributed by atoms with van der Waals surface area (Å²) in [4.78, 5) is 26.3. The molecule has 19 heavy (non-hydrogen) atoms. The van der Waals surface area contributed by atoms with Crippen LogP contribution in [-0.4, -0.2) is 11.8 Å². The summed E-state index contributed by atoms with van der Waals surface area (Å²) in [5.41, 5.74) is 3.07. The van der Waals surface area contributed by atoms with Crippen LogP contribution < -0.4 is 4.90 Å². The van der Waals surface area contributed by atoms with Gasteiger partial charge in [0.15, 0.2) is 0 Å². The number of anilines is 1. The van der Waals surface area contributed by atoms with E-state index in [1.165, 1.54) is 4.90 Å². The summed E-state index contributed by atoms with van der Waals surface area (Å²) in [6.45, 7) is 4.13. The molecular formula is C16H19NO2. The lowest BCUT2D eigenvalue weighted by molar-refractivity contribution is -0.123. The minimum Gasteiger partial charge on any atom is -0.274 e. The number of imide groups is 1. The van der Waals surface area contributed by atoms with Gasteiger partial charge in [0, 0.05) is 0 Å². The third-order valence-corrected chi connectivity index (χ3v) is 4.54. The SMILES string of the molecule is CCc1cccc(CC)c1N1C(=O)[C@H]2CC[C@H]2C1=O. The zero-order chi connectivity index (χ0) is 13.6. The Kier molecular flexibility index (Phi) is 2.92. The molecule has 2 amide bonds. The normalized spacial score (nSPS) is 25.5. The van der Waals surface area contributed by atoms with Gasteiger partial charge >= 0.3 is 0 Å². The van der Waals surface area contributed by atoms with E-state index in [2.05, 4.69) is 13.8 Å². The highest BCUT2D eigenvalue weighted by Crippen LogP contribution is 2.45. The van der Waals surface area contributed by atoms with Gasteiger partial charge in [-0.3, -0.25) is 9.59 Å². The van der Waals surface area contributed by atoms with Crippen LogP contribution in [0.15, 0.2) is 18.2 Å². The van der Waals surface area contributed by atoms with Crippen molar-refractivity contribution in [2.45, 2.75) is 39.5 Å². The molecule has 0 aromatic heterocycles. The Morgan fingerprint density at radius 3 is 1.84 bits per heavy atom. The van der Waals surface area contributed by atoms with Crippen LogP contribution in [0.3, 0.4) is 0 Å². The molecule has 2 atom stereocenters. The molecule has 3 nitrogen and oxygen atoms in total. The van der Waals surface area contributed by atoms with Crippen molar-refractivity contribution in [2.75, 3.05) is 4.90 Å². The fraction of sp³-hybridized carbons (Fsp3) is 0.500. The fourth-order valence-corrected chi connectivity index (χ4v) is 3.25. The van der Waals surface area contributed by atoms with Crippen LogP contribution in [0.4, 0.5) is 5.69 Å². The summed E-state index contributed by atoms with van der Waals surface area (Å²) in [6.07, 6.45) is 3.44. The zero-order valence-corrected chi connectivity index (χ0v) is 11.5. The van der Waals surface area contributed by atoms with Crippen molar-refractivity contribution in [1.29, 1.82) is 0 Å². The molecule has 3 heteroatoms. The highest BCUT2D eigenvalue weighted by Gasteiger charge is 2.53. The average Bonchev–Trinajstić information content (AvgIpc) is 2.53. The van der Waals surface area contributed by atoms with E-state index in [4.69, 9.17) is 0 Å².